The van der Waals surface area contributed by atoms with Crippen molar-refractivity contribution < 1.29 is 8.23 Å². The molecule has 0 bridgehead atoms. The van der Waals surface area contributed by atoms with Gasteiger partial charge in [-0.25, -0.2) is 0 Å². The fraction of sp³-hybridized carbons (Fsp3) is 0.500. The van der Waals surface area contributed by atoms with E-state index in [-0.39, 0.29) is 0 Å². The summed E-state index contributed by atoms with van der Waals surface area (Å²) < 4.78 is 9.77. The number of rotatable bonds is 2. The van der Waals surface area contributed by atoms with Gasteiger partial charge in [-0.05, 0) is 13.1 Å². The molecule has 0 aromatic rings. The highest BCUT2D eigenvalue weighted by atomic mass is 28.4. The summed E-state index contributed by atoms with van der Waals surface area (Å²) in [6.45, 7) is 7.93. The summed E-state index contributed by atoms with van der Waals surface area (Å²) in [6, 6.07) is 0. The standard InChI is InChI=1S/C4H12OSi2.H6OSi2/c1-4-7(2,3)5-6;2-1-3/h4H,1H2,2-3,6H3;2-3H3. The third kappa shape index (κ3) is 11.3. The van der Waals surface area contributed by atoms with E-state index in [1.807, 2.05) is 5.70 Å². The molecule has 0 spiro atoms. The van der Waals surface area contributed by atoms with Crippen LogP contribution in [0.1, 0.15) is 0 Å². The van der Waals surface area contributed by atoms with E-state index in [4.69, 9.17) is 4.12 Å². The van der Waals surface area contributed by atoms with Crippen molar-refractivity contribution >= 4 is 39.8 Å². The topological polar surface area (TPSA) is 18.5 Å². The first-order valence-corrected chi connectivity index (χ1v) is 8.56. The summed E-state index contributed by atoms with van der Waals surface area (Å²) in [6.07, 6.45) is 0. The molecule has 0 amide bonds. The van der Waals surface area contributed by atoms with E-state index in [9.17, 15) is 0 Å². The first-order valence-electron chi connectivity index (χ1n) is 3.13. The summed E-state index contributed by atoms with van der Waals surface area (Å²) in [4.78, 5) is 0. The highest BCUT2D eigenvalue weighted by molar-refractivity contribution is 6.78. The molecule has 0 unspecified atom stereocenters. The van der Waals surface area contributed by atoms with Crippen LogP contribution in [0.3, 0.4) is 0 Å². The van der Waals surface area contributed by atoms with Crippen LogP contribution < -0.4 is 0 Å². The highest BCUT2D eigenvalue weighted by Gasteiger charge is 2.12. The molecule has 0 fully saturated rings. The zero-order chi connectivity index (χ0) is 8.62. The minimum atomic E-state index is -1.33. The van der Waals surface area contributed by atoms with E-state index in [0.29, 0.717) is 0 Å². The Morgan fingerprint density at radius 1 is 1.30 bits per heavy atom. The Morgan fingerprint density at radius 2 is 1.60 bits per heavy atom. The number of hydrogen-bond donors (Lipinski definition) is 0. The van der Waals surface area contributed by atoms with Crippen LogP contribution in [0.5, 0.6) is 0 Å². The molecule has 2 nitrogen and oxygen atoms in total. The molecule has 0 aromatic carbocycles. The molecule has 0 rings (SSSR count). The van der Waals surface area contributed by atoms with Crippen LogP contribution >= 0.6 is 0 Å². The van der Waals surface area contributed by atoms with E-state index < -0.39 is 8.32 Å². The molecule has 10 heavy (non-hydrogen) atoms. The van der Waals surface area contributed by atoms with Gasteiger partial charge in [-0.3, -0.25) is 0 Å². The van der Waals surface area contributed by atoms with Crippen LogP contribution in [-0.4, -0.2) is 39.8 Å². The monoisotopic (exact) mass is 210 g/mol. The quantitative estimate of drug-likeness (QED) is 0.481. The van der Waals surface area contributed by atoms with Gasteiger partial charge in [0.25, 0.3) is 0 Å². The Labute approximate surface area is 73.8 Å². The normalized spacial score (nSPS) is 10.6. The lowest BCUT2D eigenvalue weighted by Gasteiger charge is -2.13. The highest BCUT2D eigenvalue weighted by Crippen LogP contribution is 2.00. The second-order valence-corrected chi connectivity index (χ2v) is 10.9. The van der Waals surface area contributed by atoms with E-state index in [2.05, 4.69) is 23.8 Å². The minimum absolute atomic E-state index is 0.848. The summed E-state index contributed by atoms with van der Waals surface area (Å²) in [5.74, 6) is 0. The van der Waals surface area contributed by atoms with Crippen LogP contribution in [0.25, 0.3) is 0 Å². The summed E-state index contributed by atoms with van der Waals surface area (Å²) >= 11 is 0. The van der Waals surface area contributed by atoms with Crippen LogP contribution in [0.15, 0.2) is 12.3 Å². The van der Waals surface area contributed by atoms with Gasteiger partial charge in [0.2, 0.25) is 0 Å². The van der Waals surface area contributed by atoms with Gasteiger partial charge < -0.3 is 8.23 Å². The zero-order valence-electron chi connectivity index (χ0n) is 7.60. The van der Waals surface area contributed by atoms with Crippen molar-refractivity contribution in [3.63, 3.8) is 0 Å². The Bertz CT molecular complexity index is 85.3. The van der Waals surface area contributed by atoms with Crippen LogP contribution in [0, 0.1) is 0 Å². The Hall–Kier alpha value is 0.528. The second-order valence-electron chi connectivity index (χ2n) is 2.42. The minimum Gasteiger partial charge on any atom is -0.471 e. The first kappa shape index (κ1) is 13.1. The molecule has 0 aliphatic carbocycles. The lowest BCUT2D eigenvalue weighted by Crippen LogP contribution is -2.25. The van der Waals surface area contributed by atoms with E-state index in [1.54, 1.807) is 0 Å². The molecule has 0 heterocycles. The van der Waals surface area contributed by atoms with Crippen molar-refractivity contribution in [2.75, 3.05) is 0 Å². The molecule has 6 heteroatoms. The van der Waals surface area contributed by atoms with Crippen LogP contribution in [-0.2, 0) is 8.23 Å². The van der Waals surface area contributed by atoms with Crippen molar-refractivity contribution in [1.82, 2.24) is 0 Å². The Kier molecular flexibility index (Phi) is 10.0. The van der Waals surface area contributed by atoms with E-state index >= 15 is 0 Å². The van der Waals surface area contributed by atoms with Crippen molar-refractivity contribution in [3.8, 4) is 0 Å². The molecular formula is C4H18O2Si4. The van der Waals surface area contributed by atoms with Crippen molar-refractivity contribution in [1.29, 1.82) is 0 Å². The lowest BCUT2D eigenvalue weighted by atomic mass is 11.3. The SMILES string of the molecule is C=C[Si](C)(C)O[SiH3].[SiH3]O[SiH3]. The fourth-order valence-electron chi connectivity index (χ4n) is 0.0833. The molecule has 0 radical (unpaired) electrons. The molecule has 0 aliphatic rings. The van der Waals surface area contributed by atoms with Crippen LogP contribution in [0.4, 0.5) is 0 Å². The summed E-state index contributed by atoms with van der Waals surface area (Å²) in [7, 11) is 1.38. The zero-order valence-corrected chi connectivity index (χ0v) is 14.6. The predicted molar refractivity (Wildman–Crippen MR) is 59.7 cm³/mol. The smallest absolute Gasteiger partial charge is 0.197 e. The fourth-order valence-corrected chi connectivity index (χ4v) is 0.750. The molecule has 0 N–H and O–H groups in total. The van der Waals surface area contributed by atoms with Crippen molar-refractivity contribution in [2.45, 2.75) is 13.1 Å². The average molecular weight is 211 g/mol. The van der Waals surface area contributed by atoms with Gasteiger partial charge in [0.15, 0.2) is 8.32 Å². The maximum absolute atomic E-state index is 5.25. The van der Waals surface area contributed by atoms with E-state index in [0.717, 1.165) is 31.5 Å². The van der Waals surface area contributed by atoms with Gasteiger partial charge in [0.1, 0.15) is 31.5 Å². The van der Waals surface area contributed by atoms with Crippen molar-refractivity contribution in [3.05, 3.63) is 12.3 Å². The van der Waals surface area contributed by atoms with E-state index in [1.165, 1.54) is 0 Å². The largest absolute Gasteiger partial charge is 0.471 e. The summed E-state index contributed by atoms with van der Waals surface area (Å²) in [5.41, 5.74) is 1.94. The van der Waals surface area contributed by atoms with Crippen LogP contribution in [0.2, 0.25) is 13.1 Å². The molecule has 0 saturated heterocycles. The maximum Gasteiger partial charge on any atom is 0.197 e. The summed E-state index contributed by atoms with van der Waals surface area (Å²) in [5, 5.41) is 0. The molecule has 0 saturated carbocycles. The average Bonchev–Trinajstić information content (AvgIpc) is 1.90. The van der Waals surface area contributed by atoms with Crippen molar-refractivity contribution in [2.24, 2.45) is 0 Å². The Morgan fingerprint density at radius 3 is 1.60 bits per heavy atom. The molecular weight excluding hydrogens is 192 g/mol. The van der Waals surface area contributed by atoms with Gasteiger partial charge in [0.05, 0.1) is 0 Å². The van der Waals surface area contributed by atoms with Gasteiger partial charge in [-0.2, -0.15) is 0 Å². The molecule has 0 atom stereocenters. The van der Waals surface area contributed by atoms with Gasteiger partial charge in [-0.1, -0.05) is 5.70 Å². The second kappa shape index (κ2) is 7.63. The maximum atomic E-state index is 5.25. The number of hydrogen-bond acceptors (Lipinski definition) is 2. The molecule has 62 valence electrons. The molecule has 0 aromatic heterocycles. The van der Waals surface area contributed by atoms with Gasteiger partial charge >= 0.3 is 0 Å². The third-order valence-electron chi connectivity index (χ3n) is 1.02. The lowest BCUT2D eigenvalue weighted by molar-refractivity contribution is 0.627. The van der Waals surface area contributed by atoms with Gasteiger partial charge in [-0.15, -0.1) is 6.58 Å². The third-order valence-corrected chi connectivity index (χ3v) is 6.21. The first-order chi connectivity index (χ1) is 4.54. The molecule has 0 aliphatic heterocycles. The Balaban J connectivity index is 0. The van der Waals surface area contributed by atoms with Gasteiger partial charge in [0, 0.05) is 0 Å². The predicted octanol–water partition coefficient (Wildman–Crippen LogP) is -2.22.